The zero-order chi connectivity index (χ0) is 22.0. The van der Waals surface area contributed by atoms with Gasteiger partial charge in [-0.15, -0.1) is 0 Å². The first-order chi connectivity index (χ1) is 16.2. The Morgan fingerprint density at radius 1 is 0.576 bits per heavy atom. The summed E-state index contributed by atoms with van der Waals surface area (Å²) in [6, 6.07) is 29.4. The molecule has 1 nitrogen and oxygen atoms in total. The highest BCUT2D eigenvalue weighted by molar-refractivity contribution is 8.18. The lowest BCUT2D eigenvalue weighted by Gasteiger charge is -2.28. The Kier molecular flexibility index (Phi) is 4.27. The molecule has 0 amide bonds. The van der Waals surface area contributed by atoms with Crippen LogP contribution in [-0.2, 0) is 4.08 Å². The maximum atomic E-state index is 14.3. The van der Waals surface area contributed by atoms with Gasteiger partial charge in [-0.25, -0.2) is 0 Å². The van der Waals surface area contributed by atoms with Crippen LogP contribution < -0.4 is 0 Å². The zero-order valence-corrected chi connectivity index (χ0v) is 19.4. The molecule has 0 saturated carbocycles. The molecule has 0 aromatic heterocycles. The summed E-state index contributed by atoms with van der Waals surface area (Å²) in [7, 11) is 0. The van der Waals surface area contributed by atoms with Crippen LogP contribution in [0.15, 0.2) is 119 Å². The normalized spacial score (nSPS) is 21.0. The van der Waals surface area contributed by atoms with Crippen molar-refractivity contribution in [3.63, 3.8) is 0 Å². The van der Waals surface area contributed by atoms with E-state index in [4.69, 9.17) is 0 Å². The van der Waals surface area contributed by atoms with E-state index >= 15 is 0 Å². The molecule has 158 valence electrons. The lowest BCUT2D eigenvalue weighted by molar-refractivity contribution is 0.0985. The van der Waals surface area contributed by atoms with Crippen LogP contribution in [0.3, 0.4) is 0 Å². The predicted octanol–water partition coefficient (Wildman–Crippen LogP) is 8.08. The molecule has 0 unspecified atom stereocenters. The van der Waals surface area contributed by atoms with Gasteiger partial charge in [0.05, 0.1) is 0 Å². The van der Waals surface area contributed by atoms with E-state index in [1.165, 1.54) is 16.5 Å². The lowest BCUT2D eigenvalue weighted by Crippen LogP contribution is -2.24. The molecule has 3 heteroatoms. The van der Waals surface area contributed by atoms with Crippen molar-refractivity contribution in [3.05, 3.63) is 131 Å². The zero-order valence-electron chi connectivity index (χ0n) is 17.8. The quantitative estimate of drug-likeness (QED) is 0.226. The summed E-state index contributed by atoms with van der Waals surface area (Å²) in [5, 5.41) is 2.44. The molecule has 33 heavy (non-hydrogen) atoms. The van der Waals surface area contributed by atoms with Crippen LogP contribution >= 0.6 is 23.5 Å². The highest BCUT2D eigenvalue weighted by atomic mass is 32.2. The van der Waals surface area contributed by atoms with Crippen LogP contribution in [0, 0.1) is 0 Å². The second-order valence-electron chi connectivity index (χ2n) is 8.75. The molecule has 0 aliphatic heterocycles. The fourth-order valence-electron chi connectivity index (χ4n) is 5.42. The number of Topliss-reactive ketones (excluding diaryl/α,β-unsaturated/α-hetero) is 1. The standard InChI is InChI=1S/C30H20OS2/c31-29-25-16-15-23-19-11-13-20(14-12-19)24-17-18-26(28(25)27(23)24)30(29,32-21-7-3-1-4-8-21)33-22-9-5-2-6-10-22/h1-20H. The van der Waals surface area contributed by atoms with Gasteiger partial charge in [-0.1, -0.05) is 108 Å². The van der Waals surface area contributed by atoms with E-state index in [0.29, 0.717) is 0 Å². The van der Waals surface area contributed by atoms with Crippen LogP contribution in [0.4, 0.5) is 0 Å². The molecule has 4 aliphatic carbocycles. The maximum absolute atomic E-state index is 14.3. The number of ketones is 1. The van der Waals surface area contributed by atoms with Crippen LogP contribution in [0.5, 0.6) is 0 Å². The molecule has 0 radical (unpaired) electrons. The Bertz CT molecular complexity index is 1410. The Hall–Kier alpha value is -3.01. The average molecular weight is 461 g/mol. The number of hydrogen-bond acceptors (Lipinski definition) is 3. The van der Waals surface area contributed by atoms with Crippen molar-refractivity contribution in [3.8, 4) is 0 Å². The molecule has 0 atom stereocenters. The SMILES string of the molecule is O=C1c2ccc3c4c(ccc(c24)C1(Sc1ccccc1)Sc1ccccc1)C1C=CC3C=C1. The van der Waals surface area contributed by atoms with Gasteiger partial charge in [-0.05, 0) is 51.7 Å². The van der Waals surface area contributed by atoms with Crippen LogP contribution in [0.1, 0.15) is 38.9 Å². The van der Waals surface area contributed by atoms with Crippen LogP contribution in [0.25, 0.3) is 10.8 Å². The number of allylic oxidation sites excluding steroid dienone is 4. The maximum Gasteiger partial charge on any atom is 0.194 e. The van der Waals surface area contributed by atoms with Gasteiger partial charge in [0.15, 0.2) is 9.86 Å². The van der Waals surface area contributed by atoms with Crippen molar-refractivity contribution in [2.45, 2.75) is 25.7 Å². The number of rotatable bonds is 4. The molecule has 0 fully saturated rings. The largest absolute Gasteiger partial charge is 0.291 e. The van der Waals surface area contributed by atoms with E-state index < -0.39 is 4.08 Å². The summed E-state index contributed by atoms with van der Waals surface area (Å²) < 4.78 is -0.756. The fraction of sp³-hybridized carbons (Fsp3) is 0.100. The highest BCUT2D eigenvalue weighted by Gasteiger charge is 2.50. The molecule has 0 N–H and O–H groups in total. The third-order valence-corrected chi connectivity index (χ3v) is 9.80. The first kappa shape index (κ1) is 19.5. The number of carbonyl (C=O) groups excluding carboxylic acids is 1. The van der Waals surface area contributed by atoms with E-state index in [0.717, 1.165) is 26.3 Å². The van der Waals surface area contributed by atoms with E-state index in [1.807, 2.05) is 36.4 Å². The van der Waals surface area contributed by atoms with Crippen molar-refractivity contribution < 1.29 is 4.79 Å². The van der Waals surface area contributed by atoms with Gasteiger partial charge in [0.25, 0.3) is 0 Å². The number of thioether (sulfide) groups is 2. The molecule has 4 aliphatic rings. The monoisotopic (exact) mass is 460 g/mol. The van der Waals surface area contributed by atoms with Gasteiger partial charge in [-0.2, -0.15) is 0 Å². The molecular weight excluding hydrogens is 440 g/mol. The van der Waals surface area contributed by atoms with E-state index in [9.17, 15) is 4.79 Å². The number of hydrogen-bond donors (Lipinski definition) is 0. The third kappa shape index (κ3) is 2.79. The van der Waals surface area contributed by atoms with Gasteiger partial charge in [0.1, 0.15) is 0 Å². The molecule has 0 saturated heterocycles. The Morgan fingerprint density at radius 3 is 1.64 bits per heavy atom. The third-order valence-electron chi connectivity index (χ3n) is 6.90. The highest BCUT2D eigenvalue weighted by Crippen LogP contribution is 2.61. The molecule has 4 aromatic carbocycles. The van der Waals surface area contributed by atoms with Crippen molar-refractivity contribution in [1.29, 1.82) is 0 Å². The minimum atomic E-state index is -0.756. The van der Waals surface area contributed by atoms with E-state index in [2.05, 4.69) is 72.8 Å². The van der Waals surface area contributed by atoms with Gasteiger partial charge >= 0.3 is 0 Å². The van der Waals surface area contributed by atoms with Crippen LogP contribution in [-0.4, -0.2) is 5.78 Å². The van der Waals surface area contributed by atoms with Crippen molar-refractivity contribution in [1.82, 2.24) is 0 Å². The second-order valence-corrected chi connectivity index (χ2v) is 11.6. The summed E-state index contributed by atoms with van der Waals surface area (Å²) in [5.41, 5.74) is 4.62. The molecule has 2 bridgehead atoms. The summed E-state index contributed by atoms with van der Waals surface area (Å²) in [6.45, 7) is 0. The fourth-order valence-corrected chi connectivity index (χ4v) is 8.38. The average Bonchev–Trinajstić information content (AvgIpc) is 2.98. The molecule has 0 spiro atoms. The first-order valence-electron chi connectivity index (χ1n) is 11.2. The molecular formula is C30H20OS2. The number of benzene rings is 4. The lowest BCUT2D eigenvalue weighted by atomic mass is 9.90. The smallest absolute Gasteiger partial charge is 0.194 e. The summed E-state index contributed by atoms with van der Waals surface area (Å²) in [4.78, 5) is 16.5. The Morgan fingerprint density at radius 2 is 1.09 bits per heavy atom. The van der Waals surface area contributed by atoms with Crippen molar-refractivity contribution in [2.24, 2.45) is 0 Å². The topological polar surface area (TPSA) is 17.1 Å². The Labute approximate surface area is 201 Å². The van der Waals surface area contributed by atoms with Crippen LogP contribution in [0.2, 0.25) is 0 Å². The Balaban J connectivity index is 1.51. The van der Waals surface area contributed by atoms with Gasteiger partial charge < -0.3 is 0 Å². The first-order valence-corrected chi connectivity index (χ1v) is 12.9. The van der Waals surface area contributed by atoms with Crippen molar-refractivity contribution >= 4 is 40.1 Å². The molecule has 4 aromatic rings. The minimum absolute atomic E-state index is 0.196. The molecule has 8 rings (SSSR count). The molecule has 0 heterocycles. The minimum Gasteiger partial charge on any atom is -0.291 e. The van der Waals surface area contributed by atoms with Gasteiger partial charge in [0, 0.05) is 27.2 Å². The summed E-state index contributed by atoms with van der Waals surface area (Å²) >= 11 is 3.35. The van der Waals surface area contributed by atoms with Crippen molar-refractivity contribution in [2.75, 3.05) is 0 Å². The van der Waals surface area contributed by atoms with Gasteiger partial charge in [0.2, 0.25) is 0 Å². The van der Waals surface area contributed by atoms with E-state index in [-0.39, 0.29) is 17.6 Å². The number of carbonyl (C=O) groups is 1. The predicted molar refractivity (Wildman–Crippen MR) is 138 cm³/mol. The summed E-state index contributed by atoms with van der Waals surface area (Å²) in [6.07, 6.45) is 9.23. The van der Waals surface area contributed by atoms with E-state index in [1.54, 1.807) is 23.5 Å². The second kappa shape index (κ2) is 7.24. The van der Waals surface area contributed by atoms with Gasteiger partial charge in [-0.3, -0.25) is 4.79 Å². The summed E-state index contributed by atoms with van der Waals surface area (Å²) in [5.74, 6) is 0.752.